The van der Waals surface area contributed by atoms with Crippen molar-refractivity contribution in [3.63, 3.8) is 0 Å². The number of piperidine rings is 2. The molecule has 2 saturated heterocycles. The third-order valence-electron chi connectivity index (χ3n) is 3.13. The molecule has 0 aromatic rings. The van der Waals surface area contributed by atoms with Gasteiger partial charge in [-0.15, -0.1) is 0 Å². The summed E-state index contributed by atoms with van der Waals surface area (Å²) in [5.74, 6) is 0. The van der Waals surface area contributed by atoms with Crippen molar-refractivity contribution in [2.24, 2.45) is 0 Å². The van der Waals surface area contributed by atoms with Gasteiger partial charge >= 0.3 is 6.09 Å². The van der Waals surface area contributed by atoms with Crippen LogP contribution in [-0.2, 0) is 4.74 Å². The average Bonchev–Trinajstić information content (AvgIpc) is 2.31. The molecule has 2 fully saturated rings. The van der Waals surface area contributed by atoms with Gasteiger partial charge in [0.25, 0.3) is 0 Å². The number of rotatable bonds is 1. The van der Waals surface area contributed by atoms with Crippen LogP contribution in [0.4, 0.5) is 4.79 Å². The minimum Gasteiger partial charge on any atom is -0.445 e. The van der Waals surface area contributed by atoms with Crippen molar-refractivity contribution in [2.75, 3.05) is 26.2 Å². The van der Waals surface area contributed by atoms with E-state index in [9.17, 15) is 4.79 Å². The predicted octanol–water partition coefficient (Wildman–Crippen LogP) is 1.36. The summed E-state index contributed by atoms with van der Waals surface area (Å²) in [7, 11) is 0. The monoisotopic (exact) mass is 212 g/mol. The molecule has 0 aromatic heterocycles. The second-order valence-corrected chi connectivity index (χ2v) is 4.40. The summed E-state index contributed by atoms with van der Waals surface area (Å²) in [6, 6.07) is 0. The van der Waals surface area contributed by atoms with Gasteiger partial charge in [0, 0.05) is 19.6 Å². The Morgan fingerprint density at radius 1 is 1.20 bits per heavy atom. The molecule has 1 atom stereocenters. The number of ether oxygens (including phenoxy) is 1. The number of amides is 1. The summed E-state index contributed by atoms with van der Waals surface area (Å²) >= 11 is 0. The van der Waals surface area contributed by atoms with Crippen molar-refractivity contribution in [3.8, 4) is 0 Å². The predicted molar refractivity (Wildman–Crippen MR) is 57.8 cm³/mol. The maximum atomic E-state index is 11.7. The van der Waals surface area contributed by atoms with Gasteiger partial charge in [0.05, 0.1) is 0 Å². The zero-order valence-corrected chi connectivity index (χ0v) is 9.21. The van der Waals surface area contributed by atoms with Crippen LogP contribution in [0.5, 0.6) is 0 Å². The fourth-order valence-corrected chi connectivity index (χ4v) is 2.21. The van der Waals surface area contributed by atoms with E-state index in [0.29, 0.717) is 0 Å². The van der Waals surface area contributed by atoms with Gasteiger partial charge in [-0.1, -0.05) is 0 Å². The topological polar surface area (TPSA) is 41.6 Å². The Morgan fingerprint density at radius 2 is 2.00 bits per heavy atom. The first-order valence-electron chi connectivity index (χ1n) is 6.02. The van der Waals surface area contributed by atoms with Crippen LogP contribution in [0.1, 0.15) is 32.1 Å². The molecule has 0 saturated carbocycles. The lowest BCUT2D eigenvalue weighted by Crippen LogP contribution is -2.42. The van der Waals surface area contributed by atoms with Crippen LogP contribution in [0.15, 0.2) is 0 Å². The summed E-state index contributed by atoms with van der Waals surface area (Å²) < 4.78 is 5.46. The Kier molecular flexibility index (Phi) is 3.83. The fourth-order valence-electron chi connectivity index (χ4n) is 2.21. The first-order chi connectivity index (χ1) is 7.36. The lowest BCUT2D eigenvalue weighted by molar-refractivity contribution is 0.0474. The van der Waals surface area contributed by atoms with E-state index in [1.807, 2.05) is 4.90 Å². The number of carbonyl (C=O) groups excluding carboxylic acids is 1. The van der Waals surface area contributed by atoms with Crippen molar-refractivity contribution in [3.05, 3.63) is 0 Å². The highest BCUT2D eigenvalue weighted by atomic mass is 16.6. The molecule has 86 valence electrons. The Bertz CT molecular complexity index is 209. The van der Waals surface area contributed by atoms with Gasteiger partial charge < -0.3 is 15.0 Å². The number of carbonyl (C=O) groups is 1. The van der Waals surface area contributed by atoms with E-state index in [-0.39, 0.29) is 12.2 Å². The second-order valence-electron chi connectivity index (χ2n) is 4.40. The molecule has 15 heavy (non-hydrogen) atoms. The highest BCUT2D eigenvalue weighted by Crippen LogP contribution is 2.13. The van der Waals surface area contributed by atoms with Crippen molar-refractivity contribution >= 4 is 6.09 Å². The molecule has 4 heteroatoms. The van der Waals surface area contributed by atoms with E-state index in [0.717, 1.165) is 51.9 Å². The first kappa shape index (κ1) is 10.7. The minimum atomic E-state index is -0.108. The third-order valence-corrected chi connectivity index (χ3v) is 3.13. The van der Waals surface area contributed by atoms with Crippen molar-refractivity contribution in [2.45, 2.75) is 38.2 Å². The number of hydrogen-bond acceptors (Lipinski definition) is 3. The van der Waals surface area contributed by atoms with E-state index in [1.165, 1.54) is 6.42 Å². The van der Waals surface area contributed by atoms with Gasteiger partial charge in [-0.2, -0.15) is 0 Å². The zero-order chi connectivity index (χ0) is 10.5. The van der Waals surface area contributed by atoms with Crippen molar-refractivity contribution < 1.29 is 9.53 Å². The number of likely N-dealkylation sites (tertiary alicyclic amines) is 1. The molecule has 0 bridgehead atoms. The lowest BCUT2D eigenvalue weighted by atomic mass is 10.1. The van der Waals surface area contributed by atoms with Crippen molar-refractivity contribution in [1.82, 2.24) is 10.2 Å². The molecule has 1 amide bonds. The maximum absolute atomic E-state index is 11.7. The average molecular weight is 212 g/mol. The Hall–Kier alpha value is -0.770. The van der Waals surface area contributed by atoms with E-state index in [1.54, 1.807) is 0 Å². The highest BCUT2D eigenvalue weighted by molar-refractivity contribution is 5.67. The molecular weight excluding hydrogens is 192 g/mol. The zero-order valence-electron chi connectivity index (χ0n) is 9.21. The van der Waals surface area contributed by atoms with Gasteiger partial charge in [-0.3, -0.25) is 0 Å². The smallest absolute Gasteiger partial charge is 0.410 e. The summed E-state index contributed by atoms with van der Waals surface area (Å²) in [6.07, 6.45) is 5.59. The van der Waals surface area contributed by atoms with Crippen LogP contribution in [0, 0.1) is 0 Å². The summed E-state index contributed by atoms with van der Waals surface area (Å²) in [5, 5.41) is 3.25. The van der Waals surface area contributed by atoms with Gasteiger partial charge in [0.15, 0.2) is 0 Å². The van der Waals surface area contributed by atoms with Crippen LogP contribution in [-0.4, -0.2) is 43.3 Å². The molecule has 0 aromatic carbocycles. The SMILES string of the molecule is O=C(O[C@@H]1CCCNC1)N1CCCCC1. The molecule has 2 heterocycles. The fraction of sp³-hybridized carbons (Fsp3) is 0.909. The Morgan fingerprint density at radius 3 is 2.67 bits per heavy atom. The molecule has 2 rings (SSSR count). The van der Waals surface area contributed by atoms with Gasteiger partial charge in [-0.05, 0) is 38.6 Å². The molecule has 0 spiro atoms. The highest BCUT2D eigenvalue weighted by Gasteiger charge is 2.22. The number of hydrogen-bond donors (Lipinski definition) is 1. The standard InChI is InChI=1S/C11H20N2O2/c14-11(13-7-2-1-3-8-13)15-10-5-4-6-12-9-10/h10,12H,1-9H2/t10-/m1/s1. The molecule has 4 nitrogen and oxygen atoms in total. The molecule has 2 aliphatic heterocycles. The third kappa shape index (κ3) is 3.09. The Labute approximate surface area is 91.0 Å². The molecule has 0 aliphatic carbocycles. The van der Waals surface area contributed by atoms with E-state index < -0.39 is 0 Å². The molecule has 0 unspecified atom stereocenters. The molecular formula is C11H20N2O2. The lowest BCUT2D eigenvalue weighted by Gasteiger charge is -2.29. The Balaban J connectivity index is 1.74. The summed E-state index contributed by atoms with van der Waals surface area (Å²) in [5.41, 5.74) is 0. The van der Waals surface area contributed by atoms with Crippen LogP contribution < -0.4 is 5.32 Å². The van der Waals surface area contributed by atoms with Crippen LogP contribution >= 0.6 is 0 Å². The molecule has 0 radical (unpaired) electrons. The van der Waals surface area contributed by atoms with Crippen LogP contribution in [0.25, 0.3) is 0 Å². The minimum absolute atomic E-state index is 0.0909. The van der Waals surface area contributed by atoms with E-state index in [4.69, 9.17) is 4.74 Å². The molecule has 2 aliphatic rings. The van der Waals surface area contributed by atoms with Gasteiger partial charge in [0.1, 0.15) is 6.10 Å². The molecule has 1 N–H and O–H groups in total. The van der Waals surface area contributed by atoms with E-state index >= 15 is 0 Å². The van der Waals surface area contributed by atoms with Crippen LogP contribution in [0.2, 0.25) is 0 Å². The summed E-state index contributed by atoms with van der Waals surface area (Å²) in [6.45, 7) is 3.62. The van der Waals surface area contributed by atoms with Gasteiger partial charge in [-0.25, -0.2) is 4.79 Å². The van der Waals surface area contributed by atoms with E-state index in [2.05, 4.69) is 5.32 Å². The summed E-state index contributed by atoms with van der Waals surface area (Å²) in [4.78, 5) is 13.6. The van der Waals surface area contributed by atoms with Crippen molar-refractivity contribution in [1.29, 1.82) is 0 Å². The first-order valence-corrected chi connectivity index (χ1v) is 6.02. The largest absolute Gasteiger partial charge is 0.445 e. The number of nitrogens with zero attached hydrogens (tertiary/aromatic N) is 1. The van der Waals surface area contributed by atoms with Crippen LogP contribution in [0.3, 0.4) is 0 Å². The normalized spacial score (nSPS) is 27.5. The quantitative estimate of drug-likeness (QED) is 0.713. The van der Waals surface area contributed by atoms with Gasteiger partial charge in [0.2, 0.25) is 0 Å². The number of nitrogens with one attached hydrogen (secondary N) is 1. The second kappa shape index (κ2) is 5.35. The maximum Gasteiger partial charge on any atom is 0.410 e.